The second-order valence-corrected chi connectivity index (χ2v) is 4.71. The zero-order valence-electron chi connectivity index (χ0n) is 9.59. The van der Waals surface area contributed by atoms with Crippen molar-refractivity contribution in [2.24, 2.45) is 0 Å². The number of halogens is 3. The van der Waals surface area contributed by atoms with Gasteiger partial charge in [0.05, 0.1) is 0 Å². The molecule has 1 N–H and O–H groups in total. The number of hydrogen-bond acceptors (Lipinski definition) is 1. The van der Waals surface area contributed by atoms with Crippen molar-refractivity contribution < 1.29 is 4.39 Å². The van der Waals surface area contributed by atoms with E-state index in [0.717, 1.165) is 5.56 Å². The fourth-order valence-corrected chi connectivity index (χ4v) is 2.20. The van der Waals surface area contributed by atoms with Gasteiger partial charge in [-0.05, 0) is 18.2 Å². The average molecular weight is 284 g/mol. The van der Waals surface area contributed by atoms with Crippen LogP contribution in [0, 0.1) is 5.82 Å². The zero-order valence-corrected chi connectivity index (χ0v) is 11.1. The van der Waals surface area contributed by atoms with Crippen LogP contribution in [0.3, 0.4) is 0 Å². The summed E-state index contributed by atoms with van der Waals surface area (Å²) >= 11 is 12.1. The van der Waals surface area contributed by atoms with E-state index in [2.05, 4.69) is 5.32 Å². The summed E-state index contributed by atoms with van der Waals surface area (Å²) in [5.74, 6) is -0.213. The number of nitrogens with one attached hydrogen (secondary N) is 1. The predicted molar refractivity (Wildman–Crippen MR) is 73.4 cm³/mol. The molecule has 2 rings (SSSR count). The third-order valence-electron chi connectivity index (χ3n) is 2.64. The smallest absolute Gasteiger partial charge is 0.127 e. The van der Waals surface area contributed by atoms with Crippen molar-refractivity contribution in [3.63, 3.8) is 0 Å². The van der Waals surface area contributed by atoms with E-state index < -0.39 is 0 Å². The minimum absolute atomic E-state index is 0.213. The molecule has 0 bridgehead atoms. The van der Waals surface area contributed by atoms with Crippen molar-refractivity contribution in [2.45, 2.75) is 13.1 Å². The van der Waals surface area contributed by atoms with E-state index in [1.54, 1.807) is 30.3 Å². The summed E-state index contributed by atoms with van der Waals surface area (Å²) in [7, 11) is 0. The SMILES string of the molecule is Fc1ccccc1CNCc1c(Cl)cccc1Cl. The van der Waals surface area contributed by atoms with E-state index in [4.69, 9.17) is 23.2 Å². The topological polar surface area (TPSA) is 12.0 Å². The van der Waals surface area contributed by atoms with Crippen LogP contribution in [0.5, 0.6) is 0 Å². The van der Waals surface area contributed by atoms with Crippen LogP contribution in [0.1, 0.15) is 11.1 Å². The molecular weight excluding hydrogens is 272 g/mol. The van der Waals surface area contributed by atoms with Gasteiger partial charge in [-0.3, -0.25) is 0 Å². The van der Waals surface area contributed by atoms with Crippen LogP contribution in [0.2, 0.25) is 10.0 Å². The van der Waals surface area contributed by atoms with Gasteiger partial charge in [-0.2, -0.15) is 0 Å². The minimum Gasteiger partial charge on any atom is -0.308 e. The van der Waals surface area contributed by atoms with Crippen LogP contribution in [0.15, 0.2) is 42.5 Å². The highest BCUT2D eigenvalue weighted by Gasteiger charge is 2.05. The number of rotatable bonds is 4. The number of hydrogen-bond donors (Lipinski definition) is 1. The molecule has 0 heterocycles. The van der Waals surface area contributed by atoms with E-state index in [0.29, 0.717) is 28.7 Å². The lowest BCUT2D eigenvalue weighted by molar-refractivity contribution is 0.588. The Morgan fingerprint density at radius 2 is 1.56 bits per heavy atom. The molecule has 0 aliphatic heterocycles. The van der Waals surface area contributed by atoms with Gasteiger partial charge in [0.2, 0.25) is 0 Å². The summed E-state index contributed by atoms with van der Waals surface area (Å²) in [4.78, 5) is 0. The molecule has 18 heavy (non-hydrogen) atoms. The first-order valence-electron chi connectivity index (χ1n) is 5.55. The van der Waals surface area contributed by atoms with Crippen LogP contribution < -0.4 is 5.32 Å². The normalized spacial score (nSPS) is 10.6. The second kappa shape index (κ2) is 6.19. The zero-order chi connectivity index (χ0) is 13.0. The van der Waals surface area contributed by atoms with Gasteiger partial charge < -0.3 is 5.32 Å². The molecule has 2 aromatic carbocycles. The summed E-state index contributed by atoms with van der Waals surface area (Å²) in [6.07, 6.45) is 0. The van der Waals surface area contributed by atoms with Crippen molar-refractivity contribution in [3.8, 4) is 0 Å². The van der Waals surface area contributed by atoms with Gasteiger partial charge in [0, 0.05) is 34.3 Å². The Kier molecular flexibility index (Phi) is 4.59. The lowest BCUT2D eigenvalue weighted by Gasteiger charge is -2.09. The molecular formula is C14H12Cl2FN. The summed E-state index contributed by atoms with van der Waals surface area (Å²) in [5, 5.41) is 4.36. The highest BCUT2D eigenvalue weighted by Crippen LogP contribution is 2.23. The van der Waals surface area contributed by atoms with Crippen molar-refractivity contribution in [1.29, 1.82) is 0 Å². The molecule has 4 heteroatoms. The molecule has 0 atom stereocenters. The largest absolute Gasteiger partial charge is 0.308 e. The minimum atomic E-state index is -0.213. The molecule has 2 aromatic rings. The summed E-state index contributed by atoms with van der Waals surface area (Å²) in [6.45, 7) is 0.946. The standard InChI is InChI=1S/C14H12Cl2FN/c15-12-5-3-6-13(16)11(12)9-18-8-10-4-1-2-7-14(10)17/h1-7,18H,8-9H2. The Hall–Kier alpha value is -1.09. The third-order valence-corrected chi connectivity index (χ3v) is 3.34. The molecule has 0 saturated carbocycles. The maximum Gasteiger partial charge on any atom is 0.127 e. The maximum atomic E-state index is 13.4. The Labute approximate surface area is 116 Å². The molecule has 94 valence electrons. The molecule has 1 nitrogen and oxygen atoms in total. The quantitative estimate of drug-likeness (QED) is 0.876. The molecule has 0 aromatic heterocycles. The van der Waals surface area contributed by atoms with Gasteiger partial charge >= 0.3 is 0 Å². The monoisotopic (exact) mass is 283 g/mol. The van der Waals surface area contributed by atoms with E-state index in [-0.39, 0.29) is 5.82 Å². The fraction of sp³-hybridized carbons (Fsp3) is 0.143. The molecule has 0 amide bonds. The molecule has 0 aliphatic carbocycles. The third kappa shape index (κ3) is 3.22. The van der Waals surface area contributed by atoms with E-state index in [1.165, 1.54) is 6.07 Å². The van der Waals surface area contributed by atoms with Gasteiger partial charge in [0.25, 0.3) is 0 Å². The first-order valence-corrected chi connectivity index (χ1v) is 6.31. The Bertz CT molecular complexity index is 523. The van der Waals surface area contributed by atoms with Crippen LogP contribution in [-0.2, 0) is 13.1 Å². The van der Waals surface area contributed by atoms with Gasteiger partial charge in [-0.1, -0.05) is 47.5 Å². The highest BCUT2D eigenvalue weighted by atomic mass is 35.5. The summed E-state index contributed by atoms with van der Waals surface area (Å²) in [6, 6.07) is 12.0. The fourth-order valence-electron chi connectivity index (χ4n) is 1.67. The summed E-state index contributed by atoms with van der Waals surface area (Å²) in [5.41, 5.74) is 1.46. The molecule has 0 fully saturated rings. The van der Waals surface area contributed by atoms with Crippen LogP contribution in [0.25, 0.3) is 0 Å². The highest BCUT2D eigenvalue weighted by molar-refractivity contribution is 6.35. The first kappa shape index (κ1) is 13.3. The Balaban J connectivity index is 1.99. The molecule has 0 spiro atoms. The molecule has 0 radical (unpaired) electrons. The van der Waals surface area contributed by atoms with Crippen molar-refractivity contribution in [1.82, 2.24) is 5.32 Å². The van der Waals surface area contributed by atoms with Gasteiger partial charge in [-0.15, -0.1) is 0 Å². The van der Waals surface area contributed by atoms with Crippen LogP contribution >= 0.6 is 23.2 Å². The molecule has 0 unspecified atom stereocenters. The predicted octanol–water partition coefficient (Wildman–Crippen LogP) is 4.42. The summed E-state index contributed by atoms with van der Waals surface area (Å²) < 4.78 is 13.4. The first-order chi connectivity index (χ1) is 8.68. The van der Waals surface area contributed by atoms with Gasteiger partial charge in [0.1, 0.15) is 5.82 Å². The van der Waals surface area contributed by atoms with E-state index >= 15 is 0 Å². The van der Waals surface area contributed by atoms with Crippen molar-refractivity contribution >= 4 is 23.2 Å². The van der Waals surface area contributed by atoms with Crippen LogP contribution in [0.4, 0.5) is 4.39 Å². The Morgan fingerprint density at radius 3 is 2.22 bits per heavy atom. The molecule has 0 saturated heterocycles. The van der Waals surface area contributed by atoms with Crippen molar-refractivity contribution in [2.75, 3.05) is 0 Å². The van der Waals surface area contributed by atoms with Gasteiger partial charge in [0.15, 0.2) is 0 Å². The van der Waals surface area contributed by atoms with Crippen LogP contribution in [-0.4, -0.2) is 0 Å². The maximum absolute atomic E-state index is 13.4. The lowest BCUT2D eigenvalue weighted by atomic mass is 10.2. The van der Waals surface area contributed by atoms with E-state index in [1.807, 2.05) is 6.07 Å². The van der Waals surface area contributed by atoms with Crippen molar-refractivity contribution in [3.05, 3.63) is 69.5 Å². The lowest BCUT2D eigenvalue weighted by Crippen LogP contribution is -2.14. The molecule has 0 aliphatic rings. The van der Waals surface area contributed by atoms with E-state index in [9.17, 15) is 4.39 Å². The average Bonchev–Trinajstić information content (AvgIpc) is 2.35. The Morgan fingerprint density at radius 1 is 0.889 bits per heavy atom. The number of benzene rings is 2. The second-order valence-electron chi connectivity index (χ2n) is 3.90. The van der Waals surface area contributed by atoms with Gasteiger partial charge in [-0.25, -0.2) is 4.39 Å².